The van der Waals surface area contributed by atoms with Crippen LogP contribution in [-0.4, -0.2) is 44.3 Å². The highest BCUT2D eigenvalue weighted by molar-refractivity contribution is 6.04. The molecule has 122 valence electrons. The molecule has 0 heterocycles. The molecular weight excluding hydrogens is 320 g/mol. The first kappa shape index (κ1) is 16.7. The first-order chi connectivity index (χ1) is 11.2. The third-order valence-corrected chi connectivity index (χ3v) is 3.29. The Hall–Kier alpha value is -3.68. The smallest absolute Gasteiger partial charge is 0.336 e. The lowest BCUT2D eigenvalue weighted by Crippen LogP contribution is -2.09. The molecule has 0 unspecified atom stereocenters. The number of rotatable bonds is 5. The van der Waals surface area contributed by atoms with E-state index in [1.807, 2.05) is 0 Å². The summed E-state index contributed by atoms with van der Waals surface area (Å²) >= 11 is 0. The molecule has 0 aliphatic carbocycles. The van der Waals surface area contributed by atoms with Crippen LogP contribution in [0.5, 0.6) is 0 Å². The van der Waals surface area contributed by atoms with Gasteiger partial charge in [-0.05, 0) is 41.5 Å². The zero-order valence-corrected chi connectivity index (χ0v) is 11.9. The lowest BCUT2D eigenvalue weighted by Gasteiger charge is -2.10. The van der Waals surface area contributed by atoms with Gasteiger partial charge in [-0.2, -0.15) is 0 Å². The summed E-state index contributed by atoms with van der Waals surface area (Å²) < 4.78 is 0. The number of carboxylic acid groups (broad SMARTS) is 4. The Morgan fingerprint density at radius 1 is 0.583 bits per heavy atom. The predicted octanol–water partition coefficient (Wildman–Crippen LogP) is 2.15. The fourth-order valence-electron chi connectivity index (χ4n) is 2.18. The van der Waals surface area contributed by atoms with E-state index in [4.69, 9.17) is 15.3 Å². The second kappa shape index (κ2) is 6.21. The minimum atomic E-state index is -1.50. The van der Waals surface area contributed by atoms with Crippen LogP contribution >= 0.6 is 0 Å². The summed E-state index contributed by atoms with van der Waals surface area (Å²) in [5.74, 6) is -5.56. The van der Waals surface area contributed by atoms with Crippen LogP contribution in [-0.2, 0) is 0 Å². The number of carboxylic acids is 4. The summed E-state index contributed by atoms with van der Waals surface area (Å²) in [7, 11) is 0. The van der Waals surface area contributed by atoms with Gasteiger partial charge >= 0.3 is 23.9 Å². The highest BCUT2D eigenvalue weighted by Gasteiger charge is 2.20. The molecule has 8 nitrogen and oxygen atoms in total. The maximum atomic E-state index is 11.3. The van der Waals surface area contributed by atoms with Gasteiger partial charge in [-0.15, -0.1) is 0 Å². The van der Waals surface area contributed by atoms with Crippen LogP contribution in [0, 0.1) is 0 Å². The number of benzene rings is 2. The lowest BCUT2D eigenvalue weighted by molar-refractivity contribution is 0.0651. The monoisotopic (exact) mass is 330 g/mol. The van der Waals surface area contributed by atoms with E-state index >= 15 is 0 Å². The molecule has 8 heteroatoms. The van der Waals surface area contributed by atoms with Crippen LogP contribution in [0.3, 0.4) is 0 Å². The summed E-state index contributed by atoms with van der Waals surface area (Å²) in [5.41, 5.74) is -1.36. The van der Waals surface area contributed by atoms with Gasteiger partial charge in [0.1, 0.15) is 0 Å². The predicted molar refractivity (Wildman–Crippen MR) is 79.7 cm³/mol. The van der Waals surface area contributed by atoms with Crippen molar-refractivity contribution in [1.29, 1.82) is 0 Å². The average Bonchev–Trinajstić information content (AvgIpc) is 2.53. The minimum absolute atomic E-state index is 0.0261. The summed E-state index contributed by atoms with van der Waals surface area (Å²) in [5, 5.41) is 36.4. The van der Waals surface area contributed by atoms with Gasteiger partial charge in [-0.3, -0.25) is 0 Å². The summed E-state index contributed by atoms with van der Waals surface area (Å²) in [6.07, 6.45) is 0. The molecule has 2 aromatic carbocycles. The highest BCUT2D eigenvalue weighted by atomic mass is 16.4. The largest absolute Gasteiger partial charge is 0.478 e. The number of hydrogen-bond acceptors (Lipinski definition) is 4. The first-order valence-corrected chi connectivity index (χ1v) is 6.44. The second-order valence-electron chi connectivity index (χ2n) is 4.74. The van der Waals surface area contributed by atoms with Crippen molar-refractivity contribution in [2.45, 2.75) is 0 Å². The van der Waals surface area contributed by atoms with E-state index in [0.29, 0.717) is 0 Å². The normalized spacial score (nSPS) is 10.2. The molecule has 0 saturated heterocycles. The van der Waals surface area contributed by atoms with Gasteiger partial charge in [-0.25, -0.2) is 19.2 Å². The SMILES string of the molecule is O=C(O)c1ccc(C(=O)O)c(-c2ccc(C(=O)O)c(C(=O)O)c2)c1. The van der Waals surface area contributed by atoms with Gasteiger partial charge in [0.25, 0.3) is 0 Å². The molecule has 0 fully saturated rings. The van der Waals surface area contributed by atoms with Gasteiger partial charge in [0.15, 0.2) is 0 Å². The van der Waals surface area contributed by atoms with Gasteiger partial charge in [0.2, 0.25) is 0 Å². The van der Waals surface area contributed by atoms with Crippen LogP contribution in [0.25, 0.3) is 11.1 Å². The number of hydrogen-bond donors (Lipinski definition) is 4. The topological polar surface area (TPSA) is 149 Å². The van der Waals surface area contributed by atoms with Crippen molar-refractivity contribution in [1.82, 2.24) is 0 Å². The molecule has 0 bridgehead atoms. The fourth-order valence-corrected chi connectivity index (χ4v) is 2.18. The van der Waals surface area contributed by atoms with Gasteiger partial charge in [-0.1, -0.05) is 6.07 Å². The van der Waals surface area contributed by atoms with E-state index in [-0.39, 0.29) is 22.3 Å². The molecule has 0 amide bonds. The van der Waals surface area contributed by atoms with Gasteiger partial charge < -0.3 is 20.4 Å². The second-order valence-corrected chi connectivity index (χ2v) is 4.74. The summed E-state index contributed by atoms with van der Waals surface area (Å²) in [4.78, 5) is 44.7. The van der Waals surface area contributed by atoms with Crippen LogP contribution in [0.1, 0.15) is 41.4 Å². The van der Waals surface area contributed by atoms with Gasteiger partial charge in [0.05, 0.1) is 22.3 Å². The van der Waals surface area contributed by atoms with Gasteiger partial charge in [0, 0.05) is 0 Å². The molecule has 0 atom stereocenters. The average molecular weight is 330 g/mol. The Kier molecular flexibility index (Phi) is 4.32. The standard InChI is InChI=1S/C16H10O8/c17-13(18)8-2-4-9(14(19)20)11(6-8)7-1-3-10(15(21)22)12(5-7)16(23)24/h1-6H,(H,17,18)(H,19,20)(H,21,22)(H,23,24). The Bertz CT molecular complexity index is 882. The van der Waals surface area contributed by atoms with Crippen LogP contribution in [0.4, 0.5) is 0 Å². The van der Waals surface area contributed by atoms with E-state index in [1.54, 1.807) is 0 Å². The van der Waals surface area contributed by atoms with E-state index in [2.05, 4.69) is 0 Å². The molecular formula is C16H10O8. The Morgan fingerprint density at radius 3 is 1.62 bits per heavy atom. The first-order valence-electron chi connectivity index (χ1n) is 6.44. The number of carbonyl (C=O) groups is 4. The van der Waals surface area contributed by atoms with E-state index < -0.39 is 35.0 Å². The Balaban J connectivity index is 2.75. The molecule has 0 radical (unpaired) electrons. The molecule has 0 aromatic heterocycles. The minimum Gasteiger partial charge on any atom is -0.478 e. The third-order valence-electron chi connectivity index (χ3n) is 3.29. The van der Waals surface area contributed by atoms with Crippen molar-refractivity contribution >= 4 is 23.9 Å². The lowest BCUT2D eigenvalue weighted by atomic mass is 9.94. The molecule has 0 aliphatic rings. The maximum absolute atomic E-state index is 11.3. The van der Waals surface area contributed by atoms with Crippen molar-refractivity contribution in [3.8, 4) is 11.1 Å². The maximum Gasteiger partial charge on any atom is 0.336 e. The van der Waals surface area contributed by atoms with Crippen LogP contribution in [0.2, 0.25) is 0 Å². The highest BCUT2D eigenvalue weighted by Crippen LogP contribution is 2.28. The molecule has 4 N–H and O–H groups in total. The molecule has 2 aromatic rings. The molecule has 24 heavy (non-hydrogen) atoms. The molecule has 0 saturated carbocycles. The zero-order valence-electron chi connectivity index (χ0n) is 11.9. The van der Waals surface area contributed by atoms with Crippen molar-refractivity contribution in [2.75, 3.05) is 0 Å². The quantitative estimate of drug-likeness (QED) is 0.651. The zero-order chi connectivity index (χ0) is 18.0. The van der Waals surface area contributed by atoms with Crippen molar-refractivity contribution in [3.63, 3.8) is 0 Å². The van der Waals surface area contributed by atoms with Crippen molar-refractivity contribution in [2.24, 2.45) is 0 Å². The molecule has 2 rings (SSSR count). The summed E-state index contributed by atoms with van der Waals surface area (Å²) in [6.45, 7) is 0. The Morgan fingerprint density at radius 2 is 1.12 bits per heavy atom. The Labute approximate surface area is 134 Å². The third kappa shape index (κ3) is 3.07. The van der Waals surface area contributed by atoms with E-state index in [9.17, 15) is 24.3 Å². The van der Waals surface area contributed by atoms with Crippen LogP contribution < -0.4 is 0 Å². The van der Waals surface area contributed by atoms with E-state index in [1.165, 1.54) is 6.07 Å². The van der Waals surface area contributed by atoms with Crippen molar-refractivity contribution in [3.05, 3.63) is 58.7 Å². The molecule has 0 aliphatic heterocycles. The van der Waals surface area contributed by atoms with Crippen LogP contribution in [0.15, 0.2) is 36.4 Å². The summed E-state index contributed by atoms with van der Waals surface area (Å²) in [6, 6.07) is 6.54. The van der Waals surface area contributed by atoms with E-state index in [0.717, 1.165) is 30.3 Å². The fraction of sp³-hybridized carbons (Fsp3) is 0. The van der Waals surface area contributed by atoms with Crippen molar-refractivity contribution < 1.29 is 39.6 Å². The molecule has 0 spiro atoms. The number of aromatic carboxylic acids is 4.